The van der Waals surface area contributed by atoms with Crippen LogP contribution in [0.4, 0.5) is 32.2 Å². The summed E-state index contributed by atoms with van der Waals surface area (Å²) < 4.78 is 82.2. The minimum atomic E-state index is -4.68. The zero-order valence-corrected chi connectivity index (χ0v) is 22.4. The van der Waals surface area contributed by atoms with Crippen LogP contribution in [-0.2, 0) is 11.0 Å². The van der Waals surface area contributed by atoms with Crippen molar-refractivity contribution in [2.75, 3.05) is 11.9 Å². The molecule has 1 aliphatic rings. The summed E-state index contributed by atoms with van der Waals surface area (Å²) >= 11 is 5.66. The van der Waals surface area contributed by atoms with E-state index in [0.29, 0.717) is 18.7 Å². The largest absolute Gasteiger partial charge is 0.478 e. The van der Waals surface area contributed by atoms with E-state index in [1.807, 2.05) is 0 Å². The van der Waals surface area contributed by atoms with Crippen LogP contribution in [0.5, 0.6) is 5.75 Å². The maximum atomic E-state index is 13.2. The summed E-state index contributed by atoms with van der Waals surface area (Å²) in [5.41, 5.74) is -2.58. The zero-order valence-electron chi connectivity index (χ0n) is 21.7. The first-order chi connectivity index (χ1) is 18.5. The van der Waals surface area contributed by atoms with E-state index in [2.05, 4.69) is 15.6 Å². The number of ether oxygens (including phenoxy) is 1. The van der Waals surface area contributed by atoms with Gasteiger partial charge in [0.15, 0.2) is 5.60 Å². The summed E-state index contributed by atoms with van der Waals surface area (Å²) in [5.74, 6) is -1.14. The summed E-state index contributed by atoms with van der Waals surface area (Å²) in [4.78, 5) is 29.1. The molecular formula is C26H29ClF6N4O3. The molecule has 14 heteroatoms. The average molecular weight is 595 g/mol. The van der Waals surface area contributed by atoms with Gasteiger partial charge in [-0.2, -0.15) is 26.3 Å². The predicted molar refractivity (Wildman–Crippen MR) is 136 cm³/mol. The highest BCUT2D eigenvalue weighted by atomic mass is 35.5. The third-order valence-corrected chi connectivity index (χ3v) is 6.58. The quantitative estimate of drug-likeness (QED) is 0.253. The van der Waals surface area contributed by atoms with Crippen molar-refractivity contribution in [2.24, 2.45) is 0 Å². The van der Waals surface area contributed by atoms with Crippen LogP contribution in [0.3, 0.4) is 0 Å². The monoisotopic (exact) mass is 594 g/mol. The van der Waals surface area contributed by atoms with E-state index < -0.39 is 46.9 Å². The van der Waals surface area contributed by atoms with Crippen molar-refractivity contribution in [1.29, 1.82) is 0 Å². The smallest absolute Gasteiger partial charge is 0.417 e. The van der Waals surface area contributed by atoms with Gasteiger partial charge in [-0.05, 0) is 63.4 Å². The Kier molecular flexibility index (Phi) is 9.81. The normalized spacial score (nSPS) is 18.4. The summed E-state index contributed by atoms with van der Waals surface area (Å²) in [5, 5.41) is 7.45. The molecule has 0 bridgehead atoms. The van der Waals surface area contributed by atoms with E-state index in [0.717, 1.165) is 31.4 Å². The molecule has 1 fully saturated rings. The zero-order chi connectivity index (χ0) is 29.7. The highest BCUT2D eigenvalue weighted by molar-refractivity contribution is 6.31. The third kappa shape index (κ3) is 9.17. The first-order valence-electron chi connectivity index (χ1n) is 12.5. The minimum absolute atomic E-state index is 0.0221. The second kappa shape index (κ2) is 12.5. The number of nitrogens with one attached hydrogen (secondary N) is 3. The Morgan fingerprint density at radius 2 is 1.70 bits per heavy atom. The number of alkyl halides is 6. The van der Waals surface area contributed by atoms with Gasteiger partial charge >= 0.3 is 12.4 Å². The van der Waals surface area contributed by atoms with E-state index in [1.54, 1.807) is 5.32 Å². The van der Waals surface area contributed by atoms with E-state index in [-0.39, 0.29) is 23.4 Å². The van der Waals surface area contributed by atoms with Crippen LogP contribution in [-0.4, -0.2) is 47.2 Å². The Morgan fingerprint density at radius 1 is 1.02 bits per heavy atom. The number of carbonyl (C=O) groups excluding carboxylic acids is 2. The van der Waals surface area contributed by atoms with Gasteiger partial charge < -0.3 is 20.7 Å². The van der Waals surface area contributed by atoms with Crippen molar-refractivity contribution < 1.29 is 40.7 Å². The number of benzene rings is 1. The number of carbonyl (C=O) groups is 2. The summed E-state index contributed by atoms with van der Waals surface area (Å²) in [6.45, 7) is 1.46. The molecule has 0 saturated heterocycles. The lowest BCUT2D eigenvalue weighted by atomic mass is 10.0. The third-order valence-electron chi connectivity index (χ3n) is 6.25. The molecule has 0 radical (unpaired) electrons. The van der Waals surface area contributed by atoms with E-state index in [4.69, 9.17) is 16.3 Å². The lowest BCUT2D eigenvalue weighted by molar-refractivity contribution is -0.137. The number of amides is 2. The van der Waals surface area contributed by atoms with Crippen molar-refractivity contribution >= 4 is 29.2 Å². The Balaban J connectivity index is 1.59. The van der Waals surface area contributed by atoms with Gasteiger partial charge in [0.05, 0.1) is 16.1 Å². The Hall–Kier alpha value is -3.22. The van der Waals surface area contributed by atoms with E-state index in [9.17, 15) is 35.9 Å². The molecule has 2 aromatic rings. The van der Waals surface area contributed by atoms with Gasteiger partial charge in [0.2, 0.25) is 0 Å². The molecule has 1 aromatic heterocycles. The molecule has 3 rings (SSSR count). The van der Waals surface area contributed by atoms with Gasteiger partial charge in [-0.1, -0.05) is 24.4 Å². The second-order valence-corrected chi connectivity index (χ2v) is 10.4. The van der Waals surface area contributed by atoms with Gasteiger partial charge in [-0.25, -0.2) is 4.98 Å². The SMILES string of the molecule is CC(C)(Oc1ccc(Cl)c(C(F)(F)F)c1)C(=O)NC1CCCCC(Nc2ccc(C(=O)NCC(F)(F)F)cn2)C1. The number of anilines is 1. The first kappa shape index (κ1) is 31.3. The summed E-state index contributed by atoms with van der Waals surface area (Å²) in [6, 6.07) is 5.54. The molecule has 1 aliphatic carbocycles. The highest BCUT2D eigenvalue weighted by Gasteiger charge is 2.36. The molecule has 1 heterocycles. The Morgan fingerprint density at radius 3 is 2.30 bits per heavy atom. The maximum absolute atomic E-state index is 13.2. The predicted octanol–water partition coefficient (Wildman–Crippen LogP) is 6.13. The minimum Gasteiger partial charge on any atom is -0.478 e. The molecule has 2 atom stereocenters. The molecule has 220 valence electrons. The first-order valence-corrected chi connectivity index (χ1v) is 12.9. The molecule has 2 unspecified atom stereocenters. The second-order valence-electron chi connectivity index (χ2n) is 10.0. The molecule has 1 saturated carbocycles. The van der Waals surface area contributed by atoms with Crippen LogP contribution in [0.1, 0.15) is 61.9 Å². The van der Waals surface area contributed by atoms with Crippen LogP contribution >= 0.6 is 11.6 Å². The molecule has 3 N–H and O–H groups in total. The van der Waals surface area contributed by atoms with Crippen molar-refractivity contribution in [3.63, 3.8) is 0 Å². The van der Waals surface area contributed by atoms with Gasteiger partial charge in [-0.3, -0.25) is 9.59 Å². The molecule has 0 spiro atoms. The standard InChI is InChI=1S/C26H29ClF6N4O3/c1-24(2,40-18-8-9-20(27)19(12-18)26(31,32)33)23(39)37-17-6-4-3-5-16(11-17)36-21-10-7-15(13-34-21)22(38)35-14-25(28,29)30/h7-10,12-13,16-17H,3-6,11,14H2,1-2H3,(H,34,36)(H,35,38)(H,37,39). The molecule has 2 amide bonds. The maximum Gasteiger partial charge on any atom is 0.417 e. The molecular weight excluding hydrogens is 566 g/mol. The number of rotatable bonds is 8. The fourth-order valence-electron chi connectivity index (χ4n) is 4.21. The van der Waals surface area contributed by atoms with Crippen molar-refractivity contribution in [3.05, 3.63) is 52.7 Å². The summed E-state index contributed by atoms with van der Waals surface area (Å²) in [7, 11) is 0. The number of nitrogens with zero attached hydrogens (tertiary/aromatic N) is 1. The van der Waals surface area contributed by atoms with Crippen LogP contribution in [0, 0.1) is 0 Å². The Labute approximate surface area is 232 Å². The van der Waals surface area contributed by atoms with Gasteiger partial charge in [-0.15, -0.1) is 0 Å². The Bertz CT molecular complexity index is 1190. The topological polar surface area (TPSA) is 92.4 Å². The molecule has 1 aromatic carbocycles. The number of halogens is 7. The number of hydrogen-bond donors (Lipinski definition) is 3. The fourth-order valence-corrected chi connectivity index (χ4v) is 4.44. The van der Waals surface area contributed by atoms with Crippen molar-refractivity contribution in [1.82, 2.24) is 15.6 Å². The van der Waals surface area contributed by atoms with Crippen LogP contribution in [0.15, 0.2) is 36.5 Å². The highest BCUT2D eigenvalue weighted by Crippen LogP contribution is 2.37. The van der Waals surface area contributed by atoms with Crippen LogP contribution < -0.4 is 20.7 Å². The van der Waals surface area contributed by atoms with Crippen molar-refractivity contribution in [2.45, 2.75) is 76.0 Å². The van der Waals surface area contributed by atoms with E-state index >= 15 is 0 Å². The van der Waals surface area contributed by atoms with Crippen molar-refractivity contribution in [3.8, 4) is 5.75 Å². The lowest BCUT2D eigenvalue weighted by Crippen LogP contribution is -2.50. The summed E-state index contributed by atoms with van der Waals surface area (Å²) in [6.07, 6.45) is -4.42. The molecule has 0 aliphatic heterocycles. The lowest BCUT2D eigenvalue weighted by Gasteiger charge is -2.29. The number of pyridine rings is 1. The van der Waals surface area contributed by atoms with Crippen LogP contribution in [0.25, 0.3) is 0 Å². The van der Waals surface area contributed by atoms with Gasteiger partial charge in [0.25, 0.3) is 11.8 Å². The number of hydrogen-bond acceptors (Lipinski definition) is 5. The average Bonchev–Trinajstić information content (AvgIpc) is 3.07. The van der Waals surface area contributed by atoms with Gasteiger partial charge in [0, 0.05) is 18.3 Å². The van der Waals surface area contributed by atoms with Crippen LogP contribution in [0.2, 0.25) is 5.02 Å². The van der Waals surface area contributed by atoms with Gasteiger partial charge in [0.1, 0.15) is 18.1 Å². The fraction of sp³-hybridized carbons (Fsp3) is 0.500. The van der Waals surface area contributed by atoms with E-state index in [1.165, 1.54) is 38.2 Å². The molecule has 40 heavy (non-hydrogen) atoms. The number of aromatic nitrogens is 1. The molecule has 7 nitrogen and oxygen atoms in total.